The number of hydrogen-bond donors (Lipinski definition) is 1. The smallest absolute Gasteiger partial charge is 0.219 e. The van der Waals surface area contributed by atoms with Gasteiger partial charge in [0, 0.05) is 16.7 Å². The van der Waals surface area contributed by atoms with Gasteiger partial charge < -0.3 is 9.84 Å². The molecule has 0 saturated heterocycles. The number of aromatic nitrogens is 1. The molecule has 0 bridgehead atoms. The minimum Gasteiger partial charge on any atom is -0.439 e. The lowest BCUT2D eigenvalue weighted by Gasteiger charge is -2.04. The quantitative estimate of drug-likeness (QED) is 0.939. The molecule has 0 saturated carbocycles. The molecule has 1 N–H and O–H groups in total. The number of aliphatic hydroxyl groups excluding tert-OH is 1. The minimum atomic E-state index is -0.00837. The van der Waals surface area contributed by atoms with Gasteiger partial charge in [-0.05, 0) is 35.9 Å². The van der Waals surface area contributed by atoms with Crippen LogP contribution in [-0.4, -0.2) is 10.1 Å². The van der Waals surface area contributed by atoms with E-state index in [2.05, 4.69) is 20.9 Å². The van der Waals surface area contributed by atoms with Gasteiger partial charge in [0.25, 0.3) is 0 Å². The SMILES string of the molecule is OCc1ccc(Oc2ccc(Br)cc2)nc1. The van der Waals surface area contributed by atoms with Crippen LogP contribution in [0.25, 0.3) is 0 Å². The second-order valence-corrected chi connectivity index (χ2v) is 4.13. The van der Waals surface area contributed by atoms with Crippen molar-refractivity contribution < 1.29 is 9.84 Å². The van der Waals surface area contributed by atoms with Crippen molar-refractivity contribution in [2.45, 2.75) is 6.61 Å². The molecule has 0 unspecified atom stereocenters. The summed E-state index contributed by atoms with van der Waals surface area (Å²) in [6, 6.07) is 11.0. The minimum absolute atomic E-state index is 0.00837. The second-order valence-electron chi connectivity index (χ2n) is 3.22. The first kappa shape index (κ1) is 11.1. The molecule has 0 atom stereocenters. The number of aliphatic hydroxyl groups is 1. The third-order valence-corrected chi connectivity index (χ3v) is 2.54. The molecule has 0 aliphatic heterocycles. The number of pyridine rings is 1. The maximum Gasteiger partial charge on any atom is 0.219 e. The van der Waals surface area contributed by atoms with Gasteiger partial charge in [-0.3, -0.25) is 0 Å². The monoisotopic (exact) mass is 279 g/mol. The summed E-state index contributed by atoms with van der Waals surface area (Å²) in [4.78, 5) is 4.07. The molecule has 2 aromatic rings. The zero-order valence-corrected chi connectivity index (χ0v) is 10.0. The Morgan fingerprint density at radius 2 is 1.88 bits per heavy atom. The maximum absolute atomic E-state index is 8.86. The van der Waals surface area contributed by atoms with Gasteiger partial charge in [0.1, 0.15) is 5.75 Å². The van der Waals surface area contributed by atoms with Crippen LogP contribution in [0.3, 0.4) is 0 Å². The fraction of sp³-hybridized carbons (Fsp3) is 0.0833. The predicted octanol–water partition coefficient (Wildman–Crippen LogP) is 3.13. The van der Waals surface area contributed by atoms with Crippen LogP contribution in [0.2, 0.25) is 0 Å². The Bertz CT molecular complexity index is 453. The van der Waals surface area contributed by atoms with E-state index < -0.39 is 0 Å². The molecule has 0 aliphatic carbocycles. The predicted molar refractivity (Wildman–Crippen MR) is 64.4 cm³/mol. The normalized spacial score (nSPS) is 10.1. The fourth-order valence-corrected chi connectivity index (χ4v) is 1.45. The maximum atomic E-state index is 8.86. The van der Waals surface area contributed by atoms with Crippen molar-refractivity contribution in [1.29, 1.82) is 0 Å². The van der Waals surface area contributed by atoms with Crippen LogP contribution in [0.1, 0.15) is 5.56 Å². The molecule has 0 spiro atoms. The summed E-state index contributed by atoms with van der Waals surface area (Å²) in [5.74, 6) is 1.24. The van der Waals surface area contributed by atoms with E-state index in [1.165, 1.54) is 0 Å². The topological polar surface area (TPSA) is 42.4 Å². The van der Waals surface area contributed by atoms with Gasteiger partial charge in [0.15, 0.2) is 0 Å². The van der Waals surface area contributed by atoms with Crippen LogP contribution < -0.4 is 4.74 Å². The lowest BCUT2D eigenvalue weighted by atomic mass is 10.3. The van der Waals surface area contributed by atoms with Crippen LogP contribution in [0.4, 0.5) is 0 Å². The molecule has 2 rings (SSSR count). The van der Waals surface area contributed by atoms with Crippen LogP contribution in [-0.2, 0) is 6.61 Å². The largest absolute Gasteiger partial charge is 0.439 e. The molecule has 1 aromatic heterocycles. The average molecular weight is 280 g/mol. The third kappa shape index (κ3) is 2.81. The Morgan fingerprint density at radius 1 is 1.12 bits per heavy atom. The molecule has 3 nitrogen and oxygen atoms in total. The summed E-state index contributed by atoms with van der Waals surface area (Å²) in [6.07, 6.45) is 1.59. The van der Waals surface area contributed by atoms with Gasteiger partial charge >= 0.3 is 0 Å². The Kier molecular flexibility index (Phi) is 3.54. The van der Waals surface area contributed by atoms with Crippen LogP contribution in [0.5, 0.6) is 11.6 Å². The second kappa shape index (κ2) is 5.09. The van der Waals surface area contributed by atoms with Gasteiger partial charge in [-0.15, -0.1) is 0 Å². The molecular formula is C12H10BrNO2. The Balaban J connectivity index is 2.11. The van der Waals surface area contributed by atoms with Crippen LogP contribution in [0, 0.1) is 0 Å². The van der Waals surface area contributed by atoms with Crippen molar-refractivity contribution in [2.24, 2.45) is 0 Å². The van der Waals surface area contributed by atoms with E-state index in [4.69, 9.17) is 9.84 Å². The molecule has 1 aromatic carbocycles. The standard InChI is InChI=1S/C12H10BrNO2/c13-10-2-4-11(5-3-10)16-12-6-1-9(8-15)7-14-12/h1-7,15H,8H2. The fourth-order valence-electron chi connectivity index (χ4n) is 1.19. The van der Waals surface area contributed by atoms with E-state index in [1.54, 1.807) is 18.3 Å². The molecule has 16 heavy (non-hydrogen) atoms. The molecule has 0 fully saturated rings. The lowest BCUT2D eigenvalue weighted by molar-refractivity contribution is 0.281. The summed E-state index contributed by atoms with van der Waals surface area (Å²) in [5.41, 5.74) is 0.767. The van der Waals surface area contributed by atoms with E-state index in [0.29, 0.717) is 5.88 Å². The Morgan fingerprint density at radius 3 is 2.44 bits per heavy atom. The summed E-state index contributed by atoms with van der Waals surface area (Å²) < 4.78 is 6.52. The highest BCUT2D eigenvalue weighted by Crippen LogP contribution is 2.21. The summed E-state index contributed by atoms with van der Waals surface area (Å²) in [6.45, 7) is -0.00837. The molecule has 0 aliphatic rings. The van der Waals surface area contributed by atoms with Crippen LogP contribution in [0.15, 0.2) is 47.1 Å². The third-order valence-electron chi connectivity index (χ3n) is 2.02. The van der Waals surface area contributed by atoms with Gasteiger partial charge in [-0.25, -0.2) is 4.98 Å². The van der Waals surface area contributed by atoms with Crippen molar-refractivity contribution in [2.75, 3.05) is 0 Å². The number of ether oxygens (including phenoxy) is 1. The van der Waals surface area contributed by atoms with E-state index in [0.717, 1.165) is 15.8 Å². The zero-order valence-electron chi connectivity index (χ0n) is 8.43. The van der Waals surface area contributed by atoms with Gasteiger partial charge in [0.2, 0.25) is 5.88 Å². The molecule has 4 heteroatoms. The lowest BCUT2D eigenvalue weighted by Crippen LogP contribution is -1.89. The molecule has 82 valence electrons. The highest BCUT2D eigenvalue weighted by Gasteiger charge is 1.98. The van der Waals surface area contributed by atoms with Crippen LogP contribution >= 0.6 is 15.9 Å². The van der Waals surface area contributed by atoms with Crippen molar-refractivity contribution in [3.63, 3.8) is 0 Å². The average Bonchev–Trinajstić information content (AvgIpc) is 2.33. The molecule has 1 heterocycles. The number of rotatable bonds is 3. The van der Waals surface area contributed by atoms with E-state index in [1.807, 2.05) is 24.3 Å². The first-order valence-electron chi connectivity index (χ1n) is 4.77. The van der Waals surface area contributed by atoms with Crippen molar-refractivity contribution in [3.05, 3.63) is 52.6 Å². The van der Waals surface area contributed by atoms with Crippen molar-refractivity contribution >= 4 is 15.9 Å². The summed E-state index contributed by atoms with van der Waals surface area (Å²) >= 11 is 3.35. The van der Waals surface area contributed by atoms with E-state index in [9.17, 15) is 0 Å². The molecule has 0 radical (unpaired) electrons. The van der Waals surface area contributed by atoms with Gasteiger partial charge in [-0.2, -0.15) is 0 Å². The van der Waals surface area contributed by atoms with E-state index >= 15 is 0 Å². The summed E-state index contributed by atoms with van der Waals surface area (Å²) in [7, 11) is 0. The number of nitrogens with zero attached hydrogens (tertiary/aromatic N) is 1. The Hall–Kier alpha value is -1.39. The Labute approximate surface area is 102 Å². The number of halogens is 1. The van der Waals surface area contributed by atoms with Gasteiger partial charge in [-0.1, -0.05) is 15.9 Å². The molecule has 0 amide bonds. The highest BCUT2D eigenvalue weighted by atomic mass is 79.9. The highest BCUT2D eigenvalue weighted by molar-refractivity contribution is 9.10. The van der Waals surface area contributed by atoms with E-state index in [-0.39, 0.29) is 6.61 Å². The first-order chi connectivity index (χ1) is 7.78. The van der Waals surface area contributed by atoms with Crippen molar-refractivity contribution in [1.82, 2.24) is 4.98 Å². The number of hydrogen-bond acceptors (Lipinski definition) is 3. The summed E-state index contributed by atoms with van der Waals surface area (Å²) in [5, 5.41) is 8.86. The molecular weight excluding hydrogens is 270 g/mol. The van der Waals surface area contributed by atoms with Gasteiger partial charge in [0.05, 0.1) is 6.61 Å². The van der Waals surface area contributed by atoms with Crippen molar-refractivity contribution in [3.8, 4) is 11.6 Å². The first-order valence-corrected chi connectivity index (χ1v) is 5.56. The number of benzene rings is 1. The zero-order chi connectivity index (χ0) is 11.4.